The average molecular weight is 362 g/mol. The molecule has 0 saturated heterocycles. The van der Waals surface area contributed by atoms with Crippen LogP contribution in [0.2, 0.25) is 0 Å². The Morgan fingerprint density at radius 1 is 1.27 bits per heavy atom. The van der Waals surface area contributed by atoms with E-state index in [1.54, 1.807) is 13.8 Å². The van der Waals surface area contributed by atoms with Gasteiger partial charge in [0.25, 0.3) is 11.6 Å². The summed E-state index contributed by atoms with van der Waals surface area (Å²) >= 11 is 0. The van der Waals surface area contributed by atoms with Crippen LogP contribution in [-0.4, -0.2) is 30.0 Å². The van der Waals surface area contributed by atoms with Crippen molar-refractivity contribution >= 4 is 23.3 Å². The minimum atomic E-state index is -1.14. The molecule has 1 N–H and O–H groups in total. The molecule has 0 bridgehead atoms. The molecule has 1 aromatic heterocycles. The molecule has 1 amide bonds. The molecule has 0 spiro atoms. The van der Waals surface area contributed by atoms with Gasteiger partial charge in [0.15, 0.2) is 6.10 Å². The molecule has 0 radical (unpaired) electrons. The first-order valence-corrected chi connectivity index (χ1v) is 7.64. The Morgan fingerprint density at radius 3 is 2.50 bits per heavy atom. The van der Waals surface area contributed by atoms with Crippen LogP contribution in [0.25, 0.3) is 0 Å². The lowest BCUT2D eigenvalue weighted by Crippen LogP contribution is -2.30. The third-order valence-electron chi connectivity index (χ3n) is 3.57. The predicted molar refractivity (Wildman–Crippen MR) is 91.3 cm³/mol. The van der Waals surface area contributed by atoms with Gasteiger partial charge in [0.2, 0.25) is 0 Å². The van der Waals surface area contributed by atoms with Crippen molar-refractivity contribution < 1.29 is 28.4 Å². The summed E-state index contributed by atoms with van der Waals surface area (Å²) in [4.78, 5) is 34.7. The summed E-state index contributed by atoms with van der Waals surface area (Å²) in [6, 6.07) is 5.30. The Kier molecular flexibility index (Phi) is 5.61. The van der Waals surface area contributed by atoms with Gasteiger partial charge in [0.05, 0.1) is 17.7 Å². The molecule has 1 heterocycles. The monoisotopic (exact) mass is 362 g/mol. The number of anilines is 1. The summed E-state index contributed by atoms with van der Waals surface area (Å²) in [6.45, 7) is 4.69. The highest BCUT2D eigenvalue weighted by Crippen LogP contribution is 2.29. The molecule has 9 nitrogen and oxygen atoms in total. The second-order valence-electron chi connectivity index (χ2n) is 5.51. The summed E-state index contributed by atoms with van der Waals surface area (Å²) in [6.07, 6.45) is -1.14. The number of carbonyl (C=O) groups is 2. The van der Waals surface area contributed by atoms with E-state index in [0.29, 0.717) is 11.5 Å². The van der Waals surface area contributed by atoms with E-state index in [2.05, 4.69) is 5.32 Å². The topological polar surface area (TPSA) is 121 Å². The summed E-state index contributed by atoms with van der Waals surface area (Å²) in [7, 11) is 1.37. The number of ether oxygens (including phenoxy) is 2. The van der Waals surface area contributed by atoms with Crippen molar-refractivity contribution in [3.05, 3.63) is 51.5 Å². The molecule has 2 aromatic rings. The zero-order chi connectivity index (χ0) is 19.4. The van der Waals surface area contributed by atoms with Crippen LogP contribution in [-0.2, 0) is 9.53 Å². The van der Waals surface area contributed by atoms with Gasteiger partial charge in [-0.2, -0.15) is 0 Å². The van der Waals surface area contributed by atoms with Crippen LogP contribution >= 0.6 is 0 Å². The maximum Gasteiger partial charge on any atom is 0.342 e. The number of hydrogen-bond donors (Lipinski definition) is 1. The molecule has 0 aliphatic carbocycles. The second-order valence-corrected chi connectivity index (χ2v) is 5.51. The number of amides is 1. The van der Waals surface area contributed by atoms with Crippen LogP contribution in [0, 0.1) is 24.0 Å². The van der Waals surface area contributed by atoms with Gasteiger partial charge in [-0.05, 0) is 32.9 Å². The molecule has 138 valence electrons. The van der Waals surface area contributed by atoms with E-state index in [0.717, 1.165) is 6.07 Å². The van der Waals surface area contributed by atoms with Crippen LogP contribution < -0.4 is 10.1 Å². The highest BCUT2D eigenvalue weighted by Gasteiger charge is 2.23. The number of methoxy groups -OCH3 is 1. The van der Waals surface area contributed by atoms with Crippen LogP contribution in [0.1, 0.15) is 28.8 Å². The van der Waals surface area contributed by atoms with Gasteiger partial charge in [-0.3, -0.25) is 14.9 Å². The number of nitro benzene ring substituents is 1. The quantitative estimate of drug-likeness (QED) is 0.476. The lowest BCUT2D eigenvalue weighted by atomic mass is 10.2. The number of rotatable bonds is 6. The Morgan fingerprint density at radius 2 is 1.96 bits per heavy atom. The van der Waals surface area contributed by atoms with Crippen molar-refractivity contribution in [2.45, 2.75) is 26.9 Å². The normalized spacial score (nSPS) is 11.5. The fraction of sp³-hybridized carbons (Fsp3) is 0.294. The SMILES string of the molecule is COc1ccc([N+](=O)[O-])cc1NC(=O)[C@@H](C)OC(=O)c1cc(C)oc1C. The van der Waals surface area contributed by atoms with Crippen molar-refractivity contribution in [1.82, 2.24) is 0 Å². The van der Waals surface area contributed by atoms with Crippen LogP contribution in [0.15, 0.2) is 28.7 Å². The van der Waals surface area contributed by atoms with E-state index in [-0.39, 0.29) is 22.7 Å². The number of nitrogens with one attached hydrogen (secondary N) is 1. The number of furan rings is 1. The van der Waals surface area contributed by atoms with Crippen molar-refractivity contribution in [3.8, 4) is 5.75 Å². The van der Waals surface area contributed by atoms with E-state index in [1.165, 1.54) is 32.2 Å². The molecule has 0 fully saturated rings. The van der Waals surface area contributed by atoms with Gasteiger partial charge in [-0.1, -0.05) is 0 Å². The standard InChI is InChI=1S/C17H18N2O7/c1-9-7-13(10(2)25-9)17(21)26-11(3)16(20)18-14-8-12(19(22)23)5-6-15(14)24-4/h5-8,11H,1-4H3,(H,18,20)/t11-/m1/s1. The molecular formula is C17H18N2O7. The lowest BCUT2D eigenvalue weighted by molar-refractivity contribution is -0.384. The first kappa shape index (κ1) is 19.0. The number of aryl methyl sites for hydroxylation is 2. The third-order valence-corrected chi connectivity index (χ3v) is 3.57. The summed E-state index contributed by atoms with van der Waals surface area (Å²) in [5.74, 6) is -0.180. The lowest BCUT2D eigenvalue weighted by Gasteiger charge is -2.15. The highest BCUT2D eigenvalue weighted by atomic mass is 16.6. The maximum atomic E-state index is 12.3. The fourth-order valence-electron chi connectivity index (χ4n) is 2.25. The zero-order valence-corrected chi connectivity index (χ0v) is 14.7. The number of nitro groups is 1. The molecule has 1 atom stereocenters. The number of nitrogens with zero attached hydrogens (tertiary/aromatic N) is 1. The van der Waals surface area contributed by atoms with Crippen LogP contribution in [0.3, 0.4) is 0 Å². The first-order chi connectivity index (χ1) is 12.2. The van der Waals surface area contributed by atoms with Gasteiger partial charge >= 0.3 is 5.97 Å². The maximum absolute atomic E-state index is 12.3. The number of benzene rings is 1. The predicted octanol–water partition coefficient (Wildman–Crippen LogP) is 3.00. The first-order valence-electron chi connectivity index (χ1n) is 7.64. The summed E-state index contributed by atoms with van der Waals surface area (Å²) in [5.41, 5.74) is 0.121. The van der Waals surface area contributed by atoms with E-state index in [4.69, 9.17) is 13.9 Å². The van der Waals surface area contributed by atoms with Crippen molar-refractivity contribution in [1.29, 1.82) is 0 Å². The van der Waals surface area contributed by atoms with E-state index < -0.39 is 22.9 Å². The molecular weight excluding hydrogens is 344 g/mol. The number of carbonyl (C=O) groups excluding carboxylic acids is 2. The minimum absolute atomic E-state index is 0.102. The third kappa shape index (κ3) is 4.18. The Labute approximate surface area is 149 Å². The second kappa shape index (κ2) is 7.68. The van der Waals surface area contributed by atoms with Crippen molar-refractivity contribution in [2.24, 2.45) is 0 Å². The highest BCUT2D eigenvalue weighted by molar-refractivity contribution is 5.98. The van der Waals surface area contributed by atoms with Crippen molar-refractivity contribution in [3.63, 3.8) is 0 Å². The molecule has 0 aliphatic heterocycles. The molecule has 26 heavy (non-hydrogen) atoms. The molecule has 0 saturated carbocycles. The summed E-state index contributed by atoms with van der Waals surface area (Å²) in [5, 5.41) is 13.3. The number of esters is 1. The Balaban J connectivity index is 2.11. The van der Waals surface area contributed by atoms with Gasteiger partial charge in [0, 0.05) is 12.1 Å². The van der Waals surface area contributed by atoms with Crippen LogP contribution in [0.5, 0.6) is 5.75 Å². The largest absolute Gasteiger partial charge is 0.495 e. The molecule has 2 rings (SSSR count). The van der Waals surface area contributed by atoms with Gasteiger partial charge in [0.1, 0.15) is 22.8 Å². The smallest absolute Gasteiger partial charge is 0.342 e. The number of hydrogen-bond acceptors (Lipinski definition) is 7. The molecule has 9 heteroatoms. The van der Waals surface area contributed by atoms with E-state index >= 15 is 0 Å². The molecule has 0 aliphatic rings. The summed E-state index contributed by atoms with van der Waals surface area (Å²) < 4.78 is 15.5. The zero-order valence-electron chi connectivity index (χ0n) is 14.7. The Bertz CT molecular complexity index is 857. The fourth-order valence-corrected chi connectivity index (χ4v) is 2.25. The van der Waals surface area contributed by atoms with Gasteiger partial charge in [-0.15, -0.1) is 0 Å². The van der Waals surface area contributed by atoms with Crippen molar-refractivity contribution in [2.75, 3.05) is 12.4 Å². The molecule has 0 unspecified atom stereocenters. The van der Waals surface area contributed by atoms with Gasteiger partial charge < -0.3 is 19.2 Å². The van der Waals surface area contributed by atoms with Crippen LogP contribution in [0.4, 0.5) is 11.4 Å². The molecule has 1 aromatic carbocycles. The Hall–Kier alpha value is -3.36. The number of non-ortho nitro benzene ring substituents is 1. The van der Waals surface area contributed by atoms with E-state index in [1.807, 2.05) is 0 Å². The average Bonchev–Trinajstić information content (AvgIpc) is 2.93. The minimum Gasteiger partial charge on any atom is -0.495 e. The van der Waals surface area contributed by atoms with Gasteiger partial charge in [-0.25, -0.2) is 4.79 Å². The van der Waals surface area contributed by atoms with E-state index in [9.17, 15) is 19.7 Å².